The molecule has 6 heteroatoms. The highest BCUT2D eigenvalue weighted by Crippen LogP contribution is 2.52. The summed E-state index contributed by atoms with van der Waals surface area (Å²) < 4.78 is 2.69. The van der Waals surface area contributed by atoms with E-state index in [1.165, 1.54) is 77.5 Å². The van der Waals surface area contributed by atoms with Crippen molar-refractivity contribution >= 4 is 56.6 Å². The van der Waals surface area contributed by atoms with Gasteiger partial charge in [0.2, 0.25) is 0 Å². The second kappa shape index (κ2) is 16.1. The Bertz CT molecular complexity index is 3830. The van der Waals surface area contributed by atoms with Crippen molar-refractivity contribution in [3.63, 3.8) is 0 Å². The largest absolute Gasteiger partial charge is 0.375 e. The summed E-state index contributed by atoms with van der Waals surface area (Å²) >= 11 is 0. The quantitative estimate of drug-likeness (QED) is 0.156. The fourth-order valence-electron chi connectivity index (χ4n) is 11.2. The third-order valence-corrected chi connectivity index (χ3v) is 14.7. The summed E-state index contributed by atoms with van der Waals surface area (Å²) in [6.07, 6.45) is 0. The van der Waals surface area contributed by atoms with Crippen molar-refractivity contribution < 1.29 is 0 Å². The summed E-state index contributed by atoms with van der Waals surface area (Å²) in [5, 5.41) is 2.60. The molecular weight excluding hydrogens is 862 g/mol. The third kappa shape index (κ3) is 6.95. The molecule has 0 saturated heterocycles. The summed E-state index contributed by atoms with van der Waals surface area (Å²) in [7, 11) is 0. The molecule has 2 aliphatic heterocycles. The van der Waals surface area contributed by atoms with Gasteiger partial charge in [-0.3, -0.25) is 0 Å². The summed E-state index contributed by atoms with van der Waals surface area (Å²) in [4.78, 5) is 18.0. The summed E-state index contributed by atoms with van der Waals surface area (Å²) in [6.45, 7) is 13.9. The Labute approximate surface area is 416 Å². The molecule has 0 saturated carbocycles. The molecule has 2 aromatic heterocycles. The van der Waals surface area contributed by atoms with Crippen LogP contribution in [0.2, 0.25) is 0 Å². The molecule has 71 heavy (non-hydrogen) atoms. The lowest BCUT2D eigenvalue weighted by molar-refractivity contribution is 0.590. The SMILES string of the molecule is CC(C)(C)c1ccc2c(c1)c1cc(C(C)(C)C)cc3c1n2B1c2ccccc2N(c2ccccc2)c2cc(-c4cccc(-c5nc(-c6ccccc6)nc(-c6ccccc6)n5)c4)c(-c4ccccc4)c-3c21. The maximum atomic E-state index is 5.21. The standard InChI is InChI=1S/C65H52BN5/c1-64(2,3)46-34-35-54-50(37-46)51-38-47(65(4,5)6)39-52-58-57(41-22-11-7-12-23-41)49(40-56-59(58)66(71(54)60(51)52)53-32-19-20-33-55(53)70(56)48-30-17-10-18-31-48)44-28-21-29-45(36-44)63-68-61(42-24-13-8-14-25-42)67-62(69-63)43-26-15-9-16-27-43/h7-40H,1-6H3. The number of benzene rings is 9. The average molecular weight is 914 g/mol. The molecule has 0 N–H and O–H groups in total. The van der Waals surface area contributed by atoms with E-state index in [1.54, 1.807) is 0 Å². The highest BCUT2D eigenvalue weighted by molar-refractivity contribution is 6.90. The van der Waals surface area contributed by atoms with Gasteiger partial charge in [0.15, 0.2) is 17.5 Å². The van der Waals surface area contributed by atoms with Crippen molar-refractivity contribution in [1.29, 1.82) is 0 Å². The fourth-order valence-corrected chi connectivity index (χ4v) is 11.2. The maximum absolute atomic E-state index is 5.21. The minimum Gasteiger partial charge on any atom is -0.375 e. The van der Waals surface area contributed by atoms with Crippen molar-refractivity contribution in [2.45, 2.75) is 52.4 Å². The van der Waals surface area contributed by atoms with E-state index in [0.717, 1.165) is 33.5 Å². The Kier molecular flexibility index (Phi) is 9.70. The second-order valence-electron chi connectivity index (χ2n) is 21.2. The molecule has 0 bridgehead atoms. The molecule has 0 atom stereocenters. The lowest BCUT2D eigenvalue weighted by Crippen LogP contribution is -2.56. The molecule has 0 amide bonds. The van der Waals surface area contributed by atoms with Crippen molar-refractivity contribution in [3.8, 4) is 67.5 Å². The van der Waals surface area contributed by atoms with Crippen LogP contribution in [0.5, 0.6) is 0 Å². The van der Waals surface area contributed by atoms with E-state index < -0.39 is 0 Å². The smallest absolute Gasteiger partial charge is 0.333 e. The predicted molar refractivity (Wildman–Crippen MR) is 298 cm³/mol. The molecule has 0 aliphatic carbocycles. The molecule has 0 unspecified atom stereocenters. The predicted octanol–water partition coefficient (Wildman–Crippen LogP) is 15.3. The third-order valence-electron chi connectivity index (χ3n) is 14.7. The van der Waals surface area contributed by atoms with E-state index in [2.05, 4.69) is 221 Å². The molecule has 4 heterocycles. The van der Waals surface area contributed by atoms with Gasteiger partial charge in [-0.2, -0.15) is 0 Å². The Morgan fingerprint density at radius 3 is 1.56 bits per heavy atom. The van der Waals surface area contributed by atoms with Crippen molar-refractivity contribution in [3.05, 3.63) is 217 Å². The molecule has 0 spiro atoms. The van der Waals surface area contributed by atoms with Crippen LogP contribution in [0.15, 0.2) is 206 Å². The van der Waals surface area contributed by atoms with Crippen LogP contribution in [-0.4, -0.2) is 26.3 Å². The molecule has 0 fully saturated rings. The van der Waals surface area contributed by atoms with Crippen molar-refractivity contribution in [2.24, 2.45) is 0 Å². The fraction of sp³-hybridized carbons (Fsp3) is 0.123. The van der Waals surface area contributed by atoms with Crippen LogP contribution in [0.3, 0.4) is 0 Å². The Morgan fingerprint density at radius 2 is 0.930 bits per heavy atom. The molecule has 5 nitrogen and oxygen atoms in total. The first-order valence-electron chi connectivity index (χ1n) is 24.8. The van der Waals surface area contributed by atoms with Crippen LogP contribution in [-0.2, 0) is 10.8 Å². The second-order valence-corrected chi connectivity index (χ2v) is 21.2. The molecule has 13 rings (SSSR count). The van der Waals surface area contributed by atoms with Crippen LogP contribution < -0.4 is 15.8 Å². The normalized spacial score (nSPS) is 12.9. The van der Waals surface area contributed by atoms with Gasteiger partial charge in [0.1, 0.15) is 0 Å². The lowest BCUT2D eigenvalue weighted by atomic mass is 9.44. The number of nitrogens with zero attached hydrogens (tertiary/aromatic N) is 5. The minimum absolute atomic E-state index is 0.0194. The van der Waals surface area contributed by atoms with Gasteiger partial charge in [0.25, 0.3) is 0 Å². The highest BCUT2D eigenvalue weighted by Gasteiger charge is 2.45. The topological polar surface area (TPSA) is 46.8 Å². The van der Waals surface area contributed by atoms with Gasteiger partial charge in [0.05, 0.1) is 0 Å². The number of hydrogen-bond acceptors (Lipinski definition) is 4. The monoisotopic (exact) mass is 913 g/mol. The van der Waals surface area contributed by atoms with E-state index >= 15 is 0 Å². The number of aromatic nitrogens is 4. The lowest BCUT2D eigenvalue weighted by Gasteiger charge is -2.42. The first-order chi connectivity index (χ1) is 34.5. The molecule has 11 aromatic rings. The number of hydrogen-bond donors (Lipinski definition) is 0. The van der Waals surface area contributed by atoms with E-state index in [9.17, 15) is 0 Å². The maximum Gasteiger partial charge on any atom is 0.333 e. The molecule has 9 aromatic carbocycles. The average Bonchev–Trinajstić information content (AvgIpc) is 3.74. The van der Waals surface area contributed by atoms with Gasteiger partial charge in [-0.1, -0.05) is 193 Å². The zero-order valence-electron chi connectivity index (χ0n) is 40.9. The Morgan fingerprint density at radius 1 is 0.394 bits per heavy atom. The zero-order chi connectivity index (χ0) is 48.2. The molecule has 340 valence electrons. The van der Waals surface area contributed by atoms with E-state index in [1.807, 2.05) is 36.4 Å². The van der Waals surface area contributed by atoms with Gasteiger partial charge in [-0.25, -0.2) is 15.0 Å². The highest BCUT2D eigenvalue weighted by atomic mass is 15.2. The first-order valence-corrected chi connectivity index (χ1v) is 24.8. The number of rotatable bonds is 6. The Hall–Kier alpha value is -8.35. The van der Waals surface area contributed by atoms with Crippen molar-refractivity contribution in [1.82, 2.24) is 19.4 Å². The Balaban J connectivity index is 1.17. The van der Waals surface area contributed by atoms with Gasteiger partial charge >= 0.3 is 6.85 Å². The van der Waals surface area contributed by atoms with Crippen LogP contribution in [0.25, 0.3) is 89.4 Å². The van der Waals surface area contributed by atoms with Crippen LogP contribution in [0.4, 0.5) is 17.1 Å². The van der Waals surface area contributed by atoms with Gasteiger partial charge in [-0.05, 0) is 115 Å². The van der Waals surface area contributed by atoms with Gasteiger partial charge < -0.3 is 9.38 Å². The van der Waals surface area contributed by atoms with E-state index in [-0.39, 0.29) is 17.7 Å². The molecule has 0 radical (unpaired) electrons. The van der Waals surface area contributed by atoms with Gasteiger partial charge in [0, 0.05) is 61.1 Å². The van der Waals surface area contributed by atoms with E-state index in [4.69, 9.17) is 15.0 Å². The van der Waals surface area contributed by atoms with Crippen LogP contribution >= 0.6 is 0 Å². The first kappa shape index (κ1) is 42.7. The zero-order valence-corrected chi connectivity index (χ0v) is 40.9. The number of para-hydroxylation sites is 2. The van der Waals surface area contributed by atoms with Crippen LogP contribution in [0.1, 0.15) is 52.7 Å². The summed E-state index contributed by atoms with van der Waals surface area (Å²) in [6, 6.07) is 75.1. The minimum atomic E-state index is -0.124. The van der Waals surface area contributed by atoms with Gasteiger partial charge in [-0.15, -0.1) is 0 Å². The van der Waals surface area contributed by atoms with Crippen molar-refractivity contribution in [2.75, 3.05) is 4.90 Å². The van der Waals surface area contributed by atoms with E-state index in [0.29, 0.717) is 17.5 Å². The number of anilines is 3. The molecule has 2 aliphatic rings. The summed E-state index contributed by atoms with van der Waals surface area (Å²) in [5.74, 6) is 1.90. The molecular formula is C65H52BN5. The van der Waals surface area contributed by atoms with Crippen LogP contribution in [0, 0.1) is 0 Å². The number of fused-ring (bicyclic) bond motifs is 7. The summed E-state index contributed by atoms with van der Waals surface area (Å²) in [5.41, 5.74) is 21.0.